The van der Waals surface area contributed by atoms with Crippen LogP contribution < -0.4 is 5.32 Å². The highest BCUT2D eigenvalue weighted by Crippen LogP contribution is 2.30. The Morgan fingerprint density at radius 2 is 2.07 bits per heavy atom. The van der Waals surface area contributed by atoms with Gasteiger partial charge in [-0.2, -0.15) is 0 Å². The third kappa shape index (κ3) is 1.30. The van der Waals surface area contributed by atoms with Gasteiger partial charge in [-0.3, -0.25) is 4.79 Å². The molecule has 2 N–H and O–H groups in total. The molecule has 14 heavy (non-hydrogen) atoms. The van der Waals surface area contributed by atoms with E-state index in [0.717, 1.165) is 12.1 Å². The summed E-state index contributed by atoms with van der Waals surface area (Å²) >= 11 is 0. The van der Waals surface area contributed by atoms with Crippen molar-refractivity contribution in [3.63, 3.8) is 0 Å². The minimum atomic E-state index is -0.728. The lowest BCUT2D eigenvalue weighted by atomic mass is 9.80. The normalized spacial score (nSPS) is 26.3. The number of hydrogen-bond acceptors (Lipinski definition) is 2. The molecule has 1 aromatic carbocycles. The molecule has 0 aliphatic carbocycles. The molecule has 1 fully saturated rings. The number of carboxylic acids is 1. The lowest BCUT2D eigenvalue weighted by Gasteiger charge is -2.23. The Bertz CT molecular complexity index is 328. The van der Waals surface area contributed by atoms with Gasteiger partial charge in [-0.1, -0.05) is 30.3 Å². The first-order valence-electron chi connectivity index (χ1n) is 4.75. The first-order valence-corrected chi connectivity index (χ1v) is 4.75. The number of aliphatic carboxylic acids is 1. The van der Waals surface area contributed by atoms with E-state index in [-0.39, 0.29) is 0 Å². The Labute approximate surface area is 82.8 Å². The Morgan fingerprint density at radius 3 is 2.57 bits per heavy atom. The average Bonchev–Trinajstić information content (AvgIpc) is 2.69. The van der Waals surface area contributed by atoms with E-state index in [4.69, 9.17) is 0 Å². The van der Waals surface area contributed by atoms with E-state index in [2.05, 4.69) is 5.32 Å². The minimum absolute atomic E-state index is 0.534. The zero-order chi connectivity index (χ0) is 10.0. The zero-order valence-electron chi connectivity index (χ0n) is 7.86. The molecular formula is C11H13NO2. The Kier molecular flexibility index (Phi) is 2.25. The van der Waals surface area contributed by atoms with Gasteiger partial charge in [-0.15, -0.1) is 0 Å². The number of hydrogen-bond donors (Lipinski definition) is 2. The van der Waals surface area contributed by atoms with Crippen LogP contribution in [-0.4, -0.2) is 24.2 Å². The first-order chi connectivity index (χ1) is 6.76. The third-order valence-electron chi connectivity index (χ3n) is 2.89. The molecule has 74 valence electrons. The summed E-state index contributed by atoms with van der Waals surface area (Å²) in [5.41, 5.74) is 0.193. The second-order valence-electron chi connectivity index (χ2n) is 3.68. The highest BCUT2D eigenvalue weighted by molar-refractivity contribution is 5.82. The molecule has 1 heterocycles. The van der Waals surface area contributed by atoms with Crippen molar-refractivity contribution in [3.05, 3.63) is 35.9 Å². The Balaban J connectivity index is 2.42. The standard InChI is InChI=1S/C11H13NO2/c13-10(14)11(6-7-12-8-11)9-4-2-1-3-5-9/h1-5,12H,6-8H2,(H,13,14)/t11-/m0/s1. The molecule has 0 unspecified atom stereocenters. The second-order valence-corrected chi connectivity index (χ2v) is 3.68. The number of rotatable bonds is 2. The van der Waals surface area contributed by atoms with Crippen molar-refractivity contribution in [2.45, 2.75) is 11.8 Å². The predicted molar refractivity (Wildman–Crippen MR) is 53.2 cm³/mol. The predicted octanol–water partition coefficient (Wildman–Crippen LogP) is 1.00. The number of benzene rings is 1. The van der Waals surface area contributed by atoms with Crippen molar-refractivity contribution in [3.8, 4) is 0 Å². The van der Waals surface area contributed by atoms with E-state index in [9.17, 15) is 9.90 Å². The van der Waals surface area contributed by atoms with Crippen molar-refractivity contribution in [1.82, 2.24) is 5.32 Å². The van der Waals surface area contributed by atoms with Gasteiger partial charge in [0.25, 0.3) is 0 Å². The molecule has 0 radical (unpaired) electrons. The van der Waals surface area contributed by atoms with Crippen LogP contribution in [0, 0.1) is 0 Å². The monoisotopic (exact) mass is 191 g/mol. The summed E-state index contributed by atoms with van der Waals surface area (Å²) in [6, 6.07) is 9.46. The maximum atomic E-state index is 11.3. The molecule has 1 saturated heterocycles. The van der Waals surface area contributed by atoms with Crippen molar-refractivity contribution in [1.29, 1.82) is 0 Å². The van der Waals surface area contributed by atoms with E-state index in [0.29, 0.717) is 13.0 Å². The summed E-state index contributed by atoms with van der Waals surface area (Å²) < 4.78 is 0. The summed E-state index contributed by atoms with van der Waals surface area (Å²) in [5.74, 6) is -0.728. The van der Waals surface area contributed by atoms with E-state index in [1.165, 1.54) is 0 Å². The minimum Gasteiger partial charge on any atom is -0.481 e. The molecule has 1 aliphatic heterocycles. The first kappa shape index (κ1) is 9.21. The average molecular weight is 191 g/mol. The van der Waals surface area contributed by atoms with Crippen molar-refractivity contribution in [2.75, 3.05) is 13.1 Å². The maximum absolute atomic E-state index is 11.3. The van der Waals surface area contributed by atoms with Crippen LogP contribution in [0.3, 0.4) is 0 Å². The SMILES string of the molecule is O=C(O)[C@@]1(c2ccccc2)CCNC1. The molecule has 3 heteroatoms. The lowest BCUT2D eigenvalue weighted by Crippen LogP contribution is -2.37. The topological polar surface area (TPSA) is 49.3 Å². The molecule has 1 aliphatic rings. The number of carbonyl (C=O) groups is 1. The molecule has 0 bridgehead atoms. The van der Waals surface area contributed by atoms with Gasteiger partial charge in [0.2, 0.25) is 0 Å². The van der Waals surface area contributed by atoms with Gasteiger partial charge in [0.15, 0.2) is 0 Å². The van der Waals surface area contributed by atoms with E-state index in [1.54, 1.807) is 0 Å². The summed E-state index contributed by atoms with van der Waals surface area (Å²) in [5, 5.41) is 12.4. The van der Waals surface area contributed by atoms with Crippen LogP contribution in [0.5, 0.6) is 0 Å². The van der Waals surface area contributed by atoms with Crippen LogP contribution in [0.15, 0.2) is 30.3 Å². The van der Waals surface area contributed by atoms with E-state index >= 15 is 0 Å². The van der Waals surface area contributed by atoms with Gasteiger partial charge in [0.05, 0.1) is 0 Å². The smallest absolute Gasteiger partial charge is 0.315 e. The van der Waals surface area contributed by atoms with E-state index in [1.807, 2.05) is 30.3 Å². The van der Waals surface area contributed by atoms with Crippen LogP contribution in [-0.2, 0) is 10.2 Å². The zero-order valence-corrected chi connectivity index (χ0v) is 7.86. The Hall–Kier alpha value is -1.35. The second kappa shape index (κ2) is 3.42. The van der Waals surface area contributed by atoms with Crippen molar-refractivity contribution >= 4 is 5.97 Å². The molecule has 2 rings (SSSR count). The van der Waals surface area contributed by atoms with E-state index < -0.39 is 11.4 Å². The van der Waals surface area contributed by atoms with Gasteiger partial charge in [0.1, 0.15) is 5.41 Å². The van der Waals surface area contributed by atoms with Gasteiger partial charge in [-0.25, -0.2) is 0 Å². The maximum Gasteiger partial charge on any atom is 0.315 e. The molecule has 1 aromatic rings. The molecule has 1 atom stereocenters. The summed E-state index contributed by atoms with van der Waals surface area (Å²) in [6.07, 6.45) is 0.673. The largest absolute Gasteiger partial charge is 0.481 e. The summed E-state index contributed by atoms with van der Waals surface area (Å²) in [7, 11) is 0. The third-order valence-corrected chi connectivity index (χ3v) is 2.89. The van der Waals surface area contributed by atoms with Crippen LogP contribution in [0.25, 0.3) is 0 Å². The quantitative estimate of drug-likeness (QED) is 0.733. The number of carboxylic acid groups (broad SMARTS) is 1. The summed E-state index contributed by atoms with van der Waals surface area (Å²) in [4.78, 5) is 11.3. The Morgan fingerprint density at radius 1 is 1.36 bits per heavy atom. The fourth-order valence-corrected chi connectivity index (χ4v) is 2.00. The molecule has 0 saturated carbocycles. The van der Waals surface area contributed by atoms with Crippen LogP contribution in [0.2, 0.25) is 0 Å². The van der Waals surface area contributed by atoms with Gasteiger partial charge in [-0.05, 0) is 18.5 Å². The highest BCUT2D eigenvalue weighted by atomic mass is 16.4. The fraction of sp³-hybridized carbons (Fsp3) is 0.364. The van der Waals surface area contributed by atoms with Crippen molar-refractivity contribution in [2.24, 2.45) is 0 Å². The van der Waals surface area contributed by atoms with Gasteiger partial charge in [0, 0.05) is 6.54 Å². The van der Waals surface area contributed by atoms with Crippen LogP contribution in [0.4, 0.5) is 0 Å². The molecule has 3 nitrogen and oxygen atoms in total. The van der Waals surface area contributed by atoms with Crippen molar-refractivity contribution < 1.29 is 9.90 Å². The van der Waals surface area contributed by atoms with Crippen LogP contribution >= 0.6 is 0 Å². The highest BCUT2D eigenvalue weighted by Gasteiger charge is 2.42. The van der Waals surface area contributed by atoms with Gasteiger partial charge < -0.3 is 10.4 Å². The molecule has 0 aromatic heterocycles. The number of nitrogens with one attached hydrogen (secondary N) is 1. The molecular weight excluding hydrogens is 178 g/mol. The van der Waals surface area contributed by atoms with Gasteiger partial charge >= 0.3 is 5.97 Å². The molecule has 0 spiro atoms. The van der Waals surface area contributed by atoms with Crippen LogP contribution in [0.1, 0.15) is 12.0 Å². The molecule has 0 amide bonds. The summed E-state index contributed by atoms with van der Waals surface area (Å²) in [6.45, 7) is 1.31. The fourth-order valence-electron chi connectivity index (χ4n) is 2.00. The lowest BCUT2D eigenvalue weighted by molar-refractivity contribution is -0.143.